The lowest BCUT2D eigenvalue weighted by atomic mass is 9.87. The summed E-state index contributed by atoms with van der Waals surface area (Å²) in [6.07, 6.45) is 9.06. The van der Waals surface area contributed by atoms with Crippen LogP contribution in [0, 0.1) is 0 Å². The molecule has 1 saturated carbocycles. The third-order valence-electron chi connectivity index (χ3n) is 5.47. The first-order valence-corrected chi connectivity index (χ1v) is 10.7. The van der Waals surface area contributed by atoms with Gasteiger partial charge in [0.2, 0.25) is 5.91 Å². The standard InChI is InChI=1S/C18H32N4OS/c1-2-19-17(20-14-16(23)21-10-6-7-11-21)22-12-13-24-18(15-22)8-4-3-5-9-18/h2-15H2,1H3,(H,19,20). The van der Waals surface area contributed by atoms with E-state index in [4.69, 9.17) is 4.99 Å². The zero-order valence-corrected chi connectivity index (χ0v) is 15.9. The quantitative estimate of drug-likeness (QED) is 0.626. The fraction of sp³-hybridized carbons (Fsp3) is 0.889. The van der Waals surface area contributed by atoms with Crippen LogP contribution < -0.4 is 5.32 Å². The van der Waals surface area contributed by atoms with Crippen LogP contribution >= 0.6 is 11.8 Å². The molecule has 3 aliphatic rings. The molecule has 6 heteroatoms. The van der Waals surface area contributed by atoms with Gasteiger partial charge in [-0.3, -0.25) is 4.79 Å². The zero-order chi connectivity index (χ0) is 16.8. The number of aliphatic imine (C=N–C) groups is 1. The average Bonchev–Trinajstić information content (AvgIpc) is 3.14. The third-order valence-corrected chi connectivity index (χ3v) is 7.01. The van der Waals surface area contributed by atoms with Crippen molar-refractivity contribution in [3.8, 4) is 0 Å². The minimum absolute atomic E-state index is 0.182. The van der Waals surface area contributed by atoms with Crippen molar-refractivity contribution in [1.29, 1.82) is 0 Å². The van der Waals surface area contributed by atoms with Crippen LogP contribution in [-0.4, -0.2) is 71.4 Å². The van der Waals surface area contributed by atoms with E-state index in [0.29, 0.717) is 11.3 Å². The normalized spacial score (nSPS) is 24.5. The van der Waals surface area contributed by atoms with E-state index in [1.807, 2.05) is 4.90 Å². The molecule has 1 N–H and O–H groups in total. The second kappa shape index (κ2) is 8.45. The van der Waals surface area contributed by atoms with Gasteiger partial charge in [0.25, 0.3) is 0 Å². The number of amides is 1. The Bertz CT molecular complexity index is 450. The summed E-state index contributed by atoms with van der Waals surface area (Å²) in [4.78, 5) is 21.4. The SMILES string of the molecule is CCNC(=NCC(=O)N1CCCC1)N1CCSC2(CCCCC2)C1. The number of guanidine groups is 1. The summed E-state index contributed by atoms with van der Waals surface area (Å²) in [6, 6.07) is 0. The number of likely N-dealkylation sites (tertiary alicyclic amines) is 1. The largest absolute Gasteiger partial charge is 0.357 e. The van der Waals surface area contributed by atoms with Crippen molar-refractivity contribution < 1.29 is 4.79 Å². The van der Waals surface area contributed by atoms with Gasteiger partial charge in [-0.1, -0.05) is 19.3 Å². The molecule has 0 aromatic rings. The third kappa shape index (κ3) is 4.38. The van der Waals surface area contributed by atoms with Gasteiger partial charge < -0.3 is 15.1 Å². The molecule has 0 atom stereocenters. The first kappa shape index (κ1) is 17.9. The fourth-order valence-electron chi connectivity index (χ4n) is 4.16. The average molecular weight is 353 g/mol. The van der Waals surface area contributed by atoms with Crippen LogP contribution in [0.2, 0.25) is 0 Å². The van der Waals surface area contributed by atoms with E-state index in [2.05, 4.69) is 28.9 Å². The number of hydrogen-bond acceptors (Lipinski definition) is 3. The molecule has 2 saturated heterocycles. The summed E-state index contributed by atoms with van der Waals surface area (Å²) in [5, 5.41) is 3.42. The number of nitrogens with zero attached hydrogens (tertiary/aromatic N) is 3. The number of thioether (sulfide) groups is 1. The van der Waals surface area contributed by atoms with Crippen LogP contribution in [-0.2, 0) is 4.79 Å². The van der Waals surface area contributed by atoms with Gasteiger partial charge in [0.1, 0.15) is 6.54 Å². The molecule has 136 valence electrons. The van der Waals surface area contributed by atoms with Crippen molar-refractivity contribution in [2.24, 2.45) is 4.99 Å². The second-order valence-electron chi connectivity index (χ2n) is 7.27. The van der Waals surface area contributed by atoms with Crippen LogP contribution in [0.1, 0.15) is 51.9 Å². The van der Waals surface area contributed by atoms with Gasteiger partial charge >= 0.3 is 0 Å². The molecule has 1 aliphatic carbocycles. The van der Waals surface area contributed by atoms with Crippen molar-refractivity contribution in [1.82, 2.24) is 15.1 Å². The van der Waals surface area contributed by atoms with Gasteiger partial charge in [-0.25, -0.2) is 4.99 Å². The highest BCUT2D eigenvalue weighted by Gasteiger charge is 2.38. The fourth-order valence-corrected chi connectivity index (χ4v) is 5.73. The number of carbonyl (C=O) groups excluding carboxylic acids is 1. The Labute approximate surface area is 150 Å². The molecule has 0 radical (unpaired) electrons. The summed E-state index contributed by atoms with van der Waals surface area (Å²) in [5.41, 5.74) is 0. The number of hydrogen-bond donors (Lipinski definition) is 1. The highest BCUT2D eigenvalue weighted by molar-refractivity contribution is 8.00. The van der Waals surface area contributed by atoms with Gasteiger partial charge in [0.05, 0.1) is 0 Å². The zero-order valence-electron chi connectivity index (χ0n) is 15.1. The van der Waals surface area contributed by atoms with E-state index >= 15 is 0 Å². The first-order chi connectivity index (χ1) is 11.7. The van der Waals surface area contributed by atoms with E-state index in [-0.39, 0.29) is 5.91 Å². The maximum absolute atomic E-state index is 12.3. The van der Waals surface area contributed by atoms with E-state index in [1.165, 1.54) is 37.9 Å². The minimum Gasteiger partial charge on any atom is -0.357 e. The van der Waals surface area contributed by atoms with Crippen LogP contribution in [0.25, 0.3) is 0 Å². The van der Waals surface area contributed by atoms with E-state index < -0.39 is 0 Å². The molecule has 3 fully saturated rings. The smallest absolute Gasteiger partial charge is 0.244 e. The lowest BCUT2D eigenvalue weighted by Gasteiger charge is -2.45. The second-order valence-corrected chi connectivity index (χ2v) is 8.83. The summed E-state index contributed by atoms with van der Waals surface area (Å²) in [6.45, 7) is 7.19. The van der Waals surface area contributed by atoms with Gasteiger partial charge in [-0.05, 0) is 32.6 Å². The number of nitrogens with one attached hydrogen (secondary N) is 1. The van der Waals surface area contributed by atoms with Gasteiger partial charge in [-0.2, -0.15) is 11.8 Å². The molecular formula is C18H32N4OS. The summed E-state index contributed by atoms with van der Waals surface area (Å²) >= 11 is 2.17. The van der Waals surface area contributed by atoms with E-state index in [1.54, 1.807) is 0 Å². The van der Waals surface area contributed by atoms with Crippen molar-refractivity contribution in [3.63, 3.8) is 0 Å². The Morgan fingerprint density at radius 1 is 1.08 bits per heavy atom. The molecule has 0 aromatic carbocycles. The molecule has 0 aromatic heterocycles. The molecule has 1 amide bonds. The first-order valence-electron chi connectivity index (χ1n) is 9.67. The minimum atomic E-state index is 0.182. The molecule has 2 heterocycles. The summed E-state index contributed by atoms with van der Waals surface area (Å²) in [7, 11) is 0. The van der Waals surface area contributed by atoms with E-state index in [9.17, 15) is 4.79 Å². The molecule has 24 heavy (non-hydrogen) atoms. The molecule has 0 bridgehead atoms. The van der Waals surface area contributed by atoms with Crippen molar-refractivity contribution >= 4 is 23.6 Å². The summed E-state index contributed by atoms with van der Waals surface area (Å²) < 4.78 is 0.422. The highest BCUT2D eigenvalue weighted by Crippen LogP contribution is 2.42. The predicted molar refractivity (Wildman–Crippen MR) is 102 cm³/mol. The lowest BCUT2D eigenvalue weighted by Crippen LogP contribution is -2.53. The Hall–Kier alpha value is -0.910. The Balaban J connectivity index is 1.62. The van der Waals surface area contributed by atoms with Crippen molar-refractivity contribution in [2.45, 2.75) is 56.6 Å². The van der Waals surface area contributed by atoms with Crippen LogP contribution in [0.4, 0.5) is 0 Å². The van der Waals surface area contributed by atoms with Crippen LogP contribution in [0.15, 0.2) is 4.99 Å². The van der Waals surface area contributed by atoms with Crippen molar-refractivity contribution in [3.05, 3.63) is 0 Å². The Kier molecular flexibility index (Phi) is 6.31. The molecule has 2 aliphatic heterocycles. The van der Waals surface area contributed by atoms with Gasteiger partial charge in [0, 0.05) is 43.2 Å². The van der Waals surface area contributed by atoms with Gasteiger partial charge in [0.15, 0.2) is 5.96 Å². The van der Waals surface area contributed by atoms with E-state index in [0.717, 1.165) is 51.5 Å². The molecular weight excluding hydrogens is 320 g/mol. The summed E-state index contributed by atoms with van der Waals surface area (Å²) in [5.74, 6) is 2.29. The van der Waals surface area contributed by atoms with Gasteiger partial charge in [-0.15, -0.1) is 0 Å². The highest BCUT2D eigenvalue weighted by atomic mass is 32.2. The molecule has 3 rings (SSSR count). The Morgan fingerprint density at radius 2 is 1.83 bits per heavy atom. The Morgan fingerprint density at radius 3 is 2.54 bits per heavy atom. The molecule has 0 unspecified atom stereocenters. The maximum Gasteiger partial charge on any atom is 0.244 e. The molecule has 1 spiro atoms. The number of rotatable bonds is 3. The van der Waals surface area contributed by atoms with Crippen LogP contribution in [0.5, 0.6) is 0 Å². The molecule has 5 nitrogen and oxygen atoms in total. The maximum atomic E-state index is 12.3. The monoisotopic (exact) mass is 352 g/mol. The topological polar surface area (TPSA) is 47.9 Å². The predicted octanol–water partition coefficient (Wildman–Crippen LogP) is 2.33. The van der Waals surface area contributed by atoms with Crippen LogP contribution in [0.3, 0.4) is 0 Å². The number of carbonyl (C=O) groups is 1. The van der Waals surface area contributed by atoms with Crippen molar-refractivity contribution in [2.75, 3.05) is 45.0 Å². The lowest BCUT2D eigenvalue weighted by molar-refractivity contribution is -0.128.